The van der Waals surface area contributed by atoms with Gasteiger partial charge in [0.15, 0.2) is 0 Å². The summed E-state index contributed by atoms with van der Waals surface area (Å²) in [6.07, 6.45) is 2.06. The van der Waals surface area contributed by atoms with E-state index >= 15 is 0 Å². The number of aryl methyl sites for hydroxylation is 2. The molecule has 2 N–H and O–H groups in total. The Morgan fingerprint density at radius 1 is 0.943 bits per heavy atom. The molecule has 1 saturated heterocycles. The van der Waals surface area contributed by atoms with Gasteiger partial charge in [0, 0.05) is 38.3 Å². The molecule has 5 heteroatoms. The van der Waals surface area contributed by atoms with E-state index in [4.69, 9.17) is 0 Å². The highest BCUT2D eigenvalue weighted by Gasteiger charge is 2.36. The number of hydrogen-bond acceptors (Lipinski definition) is 3. The summed E-state index contributed by atoms with van der Waals surface area (Å²) in [5.74, 6) is 0.0266. The highest BCUT2D eigenvalue weighted by Crippen LogP contribution is 2.51. The second-order valence-electron chi connectivity index (χ2n) is 9.64. The average Bonchev–Trinajstić information content (AvgIpc) is 3.19. The van der Waals surface area contributed by atoms with E-state index in [0.29, 0.717) is 6.54 Å². The van der Waals surface area contributed by atoms with Gasteiger partial charge in [-0.15, -0.1) is 12.4 Å². The molecule has 4 nitrogen and oxygen atoms in total. The monoisotopic (exact) mass is 489 g/mol. The summed E-state index contributed by atoms with van der Waals surface area (Å²) < 4.78 is 0. The molecule has 0 radical (unpaired) electrons. The first-order valence-electron chi connectivity index (χ1n) is 12.7. The van der Waals surface area contributed by atoms with Crippen LogP contribution in [0.15, 0.2) is 54.6 Å². The molecular formula is C30H36ClN3O. The summed E-state index contributed by atoms with van der Waals surface area (Å²) in [7, 11) is 0. The van der Waals surface area contributed by atoms with Gasteiger partial charge in [0.05, 0.1) is 6.04 Å². The lowest BCUT2D eigenvalue weighted by Gasteiger charge is -2.34. The van der Waals surface area contributed by atoms with Crippen LogP contribution in [0, 0.1) is 13.8 Å². The van der Waals surface area contributed by atoms with Crippen LogP contribution in [0.3, 0.4) is 0 Å². The predicted molar refractivity (Wildman–Crippen MR) is 148 cm³/mol. The first-order chi connectivity index (χ1) is 16.6. The van der Waals surface area contributed by atoms with Crippen molar-refractivity contribution in [2.45, 2.75) is 39.7 Å². The van der Waals surface area contributed by atoms with Crippen molar-refractivity contribution in [3.8, 4) is 22.3 Å². The van der Waals surface area contributed by atoms with Gasteiger partial charge in [0.2, 0.25) is 0 Å². The van der Waals surface area contributed by atoms with Gasteiger partial charge >= 0.3 is 0 Å². The number of nitrogens with zero attached hydrogens (tertiary/aromatic N) is 1. The number of nitrogens with one attached hydrogen (secondary N) is 2. The SMILES string of the molecule is CCCCNC(=O)c1cc(-c2c(C)cccc2C)c2c(c1)C(N1CCNCC1)c1ccccc1-2.Cl. The van der Waals surface area contributed by atoms with E-state index in [1.54, 1.807) is 0 Å². The summed E-state index contributed by atoms with van der Waals surface area (Å²) in [6, 6.07) is 19.8. The Labute approximate surface area is 215 Å². The van der Waals surface area contributed by atoms with E-state index in [1.165, 1.54) is 44.5 Å². The highest BCUT2D eigenvalue weighted by molar-refractivity contribution is 6.01. The van der Waals surface area contributed by atoms with E-state index in [2.05, 4.69) is 90.9 Å². The average molecular weight is 490 g/mol. The van der Waals surface area contributed by atoms with Gasteiger partial charge in [-0.25, -0.2) is 0 Å². The largest absolute Gasteiger partial charge is 0.352 e. The summed E-state index contributed by atoms with van der Waals surface area (Å²) >= 11 is 0. The molecule has 1 amide bonds. The standard InChI is InChI=1S/C30H35N3O.ClH/c1-4-5-13-32-30(34)22-18-25(27-20(2)9-8-10-21(27)3)28-23-11-6-7-12-24(23)29(26(28)19-22)33-16-14-31-15-17-33;/h6-12,18-19,29,31H,4-5,13-17H2,1-3H3,(H,32,34);1H. The topological polar surface area (TPSA) is 44.4 Å². The van der Waals surface area contributed by atoms with Gasteiger partial charge in [-0.3, -0.25) is 9.69 Å². The second-order valence-corrected chi connectivity index (χ2v) is 9.64. The van der Waals surface area contributed by atoms with Gasteiger partial charge in [-0.2, -0.15) is 0 Å². The van der Waals surface area contributed by atoms with E-state index in [1.807, 2.05) is 0 Å². The van der Waals surface area contributed by atoms with Crippen molar-refractivity contribution in [1.29, 1.82) is 0 Å². The van der Waals surface area contributed by atoms with Gasteiger partial charge < -0.3 is 10.6 Å². The highest BCUT2D eigenvalue weighted by atomic mass is 35.5. The first kappa shape index (κ1) is 25.4. The molecule has 2 aliphatic rings. The van der Waals surface area contributed by atoms with Crippen LogP contribution in [0.1, 0.15) is 58.4 Å². The summed E-state index contributed by atoms with van der Waals surface area (Å²) in [6.45, 7) is 11.2. The maximum atomic E-state index is 13.3. The summed E-state index contributed by atoms with van der Waals surface area (Å²) in [5, 5.41) is 6.64. The Kier molecular flexibility index (Phi) is 7.95. The third-order valence-electron chi connectivity index (χ3n) is 7.33. The van der Waals surface area contributed by atoms with Crippen LogP contribution in [-0.4, -0.2) is 43.5 Å². The lowest BCUT2D eigenvalue weighted by atomic mass is 9.87. The number of benzene rings is 3. The zero-order chi connectivity index (χ0) is 23.7. The van der Waals surface area contributed by atoms with Gasteiger partial charge in [0.25, 0.3) is 5.91 Å². The first-order valence-corrected chi connectivity index (χ1v) is 12.7. The van der Waals surface area contributed by atoms with Crippen molar-refractivity contribution in [2.24, 2.45) is 0 Å². The van der Waals surface area contributed by atoms with Crippen molar-refractivity contribution >= 4 is 18.3 Å². The van der Waals surface area contributed by atoms with Gasteiger partial charge in [0.1, 0.15) is 0 Å². The smallest absolute Gasteiger partial charge is 0.251 e. The zero-order valence-electron chi connectivity index (χ0n) is 21.0. The van der Waals surface area contributed by atoms with Gasteiger partial charge in [-0.05, 0) is 76.9 Å². The number of rotatable bonds is 6. The Morgan fingerprint density at radius 3 is 2.37 bits per heavy atom. The molecule has 0 saturated carbocycles. The minimum Gasteiger partial charge on any atom is -0.352 e. The number of piperazine rings is 1. The molecule has 3 aromatic rings. The number of halogens is 1. The zero-order valence-corrected chi connectivity index (χ0v) is 21.8. The molecule has 0 aromatic heterocycles. The van der Waals surface area contributed by atoms with E-state index in [9.17, 15) is 4.79 Å². The Morgan fingerprint density at radius 2 is 1.66 bits per heavy atom. The van der Waals surface area contributed by atoms with Crippen LogP contribution in [0.5, 0.6) is 0 Å². The number of carbonyl (C=O) groups excluding carboxylic acids is 1. The summed E-state index contributed by atoms with van der Waals surface area (Å²) in [5.41, 5.74) is 10.9. The molecule has 5 rings (SSSR count). The third kappa shape index (κ3) is 4.75. The molecule has 1 aliphatic carbocycles. The van der Waals surface area contributed by atoms with Crippen LogP contribution in [0.4, 0.5) is 0 Å². The summed E-state index contributed by atoms with van der Waals surface area (Å²) in [4.78, 5) is 15.9. The molecule has 3 aromatic carbocycles. The Balaban J connectivity index is 0.00000289. The number of hydrogen-bond donors (Lipinski definition) is 2. The van der Waals surface area contributed by atoms with E-state index in [-0.39, 0.29) is 24.4 Å². The fourth-order valence-electron chi connectivity index (χ4n) is 5.69. The van der Waals surface area contributed by atoms with E-state index in [0.717, 1.165) is 44.6 Å². The molecule has 1 aliphatic heterocycles. The van der Waals surface area contributed by atoms with E-state index < -0.39 is 0 Å². The minimum absolute atomic E-state index is 0. The molecule has 35 heavy (non-hydrogen) atoms. The van der Waals surface area contributed by atoms with Crippen LogP contribution in [0.25, 0.3) is 22.3 Å². The lowest BCUT2D eigenvalue weighted by Crippen LogP contribution is -2.45. The van der Waals surface area contributed by atoms with Crippen LogP contribution in [-0.2, 0) is 0 Å². The van der Waals surface area contributed by atoms with Crippen LogP contribution in [0.2, 0.25) is 0 Å². The molecule has 1 unspecified atom stereocenters. The van der Waals surface area contributed by atoms with Crippen molar-refractivity contribution < 1.29 is 4.79 Å². The minimum atomic E-state index is 0. The molecule has 0 spiro atoms. The quantitative estimate of drug-likeness (QED) is 0.424. The number of fused-ring (bicyclic) bond motifs is 3. The van der Waals surface area contributed by atoms with Crippen LogP contribution >= 0.6 is 12.4 Å². The molecule has 184 valence electrons. The molecule has 1 atom stereocenters. The molecule has 1 fully saturated rings. The van der Waals surface area contributed by atoms with Crippen molar-refractivity contribution in [3.63, 3.8) is 0 Å². The maximum absolute atomic E-state index is 13.3. The Hall–Kier alpha value is -2.66. The van der Waals surface area contributed by atoms with Gasteiger partial charge in [-0.1, -0.05) is 55.8 Å². The van der Waals surface area contributed by atoms with Crippen molar-refractivity contribution in [2.75, 3.05) is 32.7 Å². The fraction of sp³-hybridized carbons (Fsp3) is 0.367. The molecular weight excluding hydrogens is 454 g/mol. The number of unbranched alkanes of at least 4 members (excludes halogenated alkanes) is 1. The fourth-order valence-corrected chi connectivity index (χ4v) is 5.69. The Bertz CT molecular complexity index is 1200. The second kappa shape index (κ2) is 10.9. The normalized spacial score (nSPS) is 16.8. The lowest BCUT2D eigenvalue weighted by molar-refractivity contribution is 0.0953. The van der Waals surface area contributed by atoms with Crippen molar-refractivity contribution in [1.82, 2.24) is 15.5 Å². The number of carbonyl (C=O) groups is 1. The molecule has 0 bridgehead atoms. The maximum Gasteiger partial charge on any atom is 0.251 e. The van der Waals surface area contributed by atoms with Crippen LogP contribution < -0.4 is 10.6 Å². The number of amides is 1. The third-order valence-corrected chi connectivity index (χ3v) is 7.33. The van der Waals surface area contributed by atoms with Crippen molar-refractivity contribution in [3.05, 3.63) is 82.4 Å². The predicted octanol–water partition coefficient (Wildman–Crippen LogP) is 5.90. The molecule has 1 heterocycles.